The summed E-state index contributed by atoms with van der Waals surface area (Å²) in [5, 5.41) is 11.8. The van der Waals surface area contributed by atoms with Crippen molar-refractivity contribution in [2.45, 2.75) is 26.2 Å². The molecule has 2 nitrogen and oxygen atoms in total. The molecule has 0 saturated carbocycles. The van der Waals surface area contributed by atoms with Crippen LogP contribution in [0.5, 0.6) is 0 Å². The van der Waals surface area contributed by atoms with Gasteiger partial charge in [-0.25, -0.2) is 0 Å². The van der Waals surface area contributed by atoms with E-state index in [0.717, 1.165) is 25.4 Å². The van der Waals surface area contributed by atoms with Crippen molar-refractivity contribution in [2.75, 3.05) is 13.1 Å². The van der Waals surface area contributed by atoms with Crippen molar-refractivity contribution >= 4 is 0 Å². The van der Waals surface area contributed by atoms with Crippen LogP contribution in [0, 0.1) is 23.2 Å². The summed E-state index contributed by atoms with van der Waals surface area (Å²) < 4.78 is 0. The van der Waals surface area contributed by atoms with Gasteiger partial charge in [-0.3, -0.25) is 0 Å². The van der Waals surface area contributed by atoms with Crippen molar-refractivity contribution in [1.82, 2.24) is 5.32 Å². The fourth-order valence-electron chi connectivity index (χ4n) is 1.72. The van der Waals surface area contributed by atoms with Crippen molar-refractivity contribution in [3.05, 3.63) is 0 Å². The van der Waals surface area contributed by atoms with Crippen LogP contribution in [-0.4, -0.2) is 13.1 Å². The summed E-state index contributed by atoms with van der Waals surface area (Å²) in [5.74, 6) is 1.39. The average molecular weight is 152 g/mol. The molecule has 2 heteroatoms. The van der Waals surface area contributed by atoms with Gasteiger partial charge >= 0.3 is 0 Å². The Labute approximate surface area is 68.6 Å². The SMILES string of the molecule is CC(CC#N)C1CCNCC1. The number of nitrogens with one attached hydrogen (secondary N) is 1. The van der Waals surface area contributed by atoms with Gasteiger partial charge < -0.3 is 5.32 Å². The van der Waals surface area contributed by atoms with Crippen molar-refractivity contribution in [1.29, 1.82) is 5.26 Å². The Balaban J connectivity index is 2.27. The van der Waals surface area contributed by atoms with Crippen molar-refractivity contribution < 1.29 is 0 Å². The summed E-state index contributed by atoms with van der Waals surface area (Å²) in [6.45, 7) is 4.47. The van der Waals surface area contributed by atoms with Gasteiger partial charge in [-0.1, -0.05) is 6.92 Å². The summed E-state index contributed by atoms with van der Waals surface area (Å²) in [7, 11) is 0. The van der Waals surface area contributed by atoms with Crippen LogP contribution in [0.1, 0.15) is 26.2 Å². The molecule has 1 unspecified atom stereocenters. The molecule has 0 aromatic heterocycles. The maximum Gasteiger partial charge on any atom is 0.0624 e. The fraction of sp³-hybridized carbons (Fsp3) is 0.889. The van der Waals surface area contributed by atoms with Crippen molar-refractivity contribution in [3.8, 4) is 6.07 Å². The van der Waals surface area contributed by atoms with Gasteiger partial charge in [0.15, 0.2) is 0 Å². The lowest BCUT2D eigenvalue weighted by molar-refractivity contribution is 0.278. The standard InChI is InChI=1S/C9H16N2/c1-8(2-5-10)9-3-6-11-7-4-9/h8-9,11H,2-4,6-7H2,1H3. The quantitative estimate of drug-likeness (QED) is 0.651. The first kappa shape index (κ1) is 8.55. The van der Waals surface area contributed by atoms with E-state index in [-0.39, 0.29) is 0 Å². The molecule has 0 amide bonds. The van der Waals surface area contributed by atoms with Gasteiger partial charge in [0, 0.05) is 6.42 Å². The van der Waals surface area contributed by atoms with E-state index in [2.05, 4.69) is 18.3 Å². The topological polar surface area (TPSA) is 35.8 Å². The van der Waals surface area contributed by atoms with Crippen molar-refractivity contribution in [3.63, 3.8) is 0 Å². The van der Waals surface area contributed by atoms with Gasteiger partial charge in [0.25, 0.3) is 0 Å². The van der Waals surface area contributed by atoms with E-state index in [1.165, 1.54) is 12.8 Å². The molecule has 1 aliphatic heterocycles. The molecule has 1 heterocycles. The van der Waals surface area contributed by atoms with Gasteiger partial charge in [0.1, 0.15) is 0 Å². The van der Waals surface area contributed by atoms with Crippen LogP contribution in [0.2, 0.25) is 0 Å². The maximum atomic E-state index is 8.50. The first-order valence-electron chi connectivity index (χ1n) is 4.42. The third-order valence-electron chi connectivity index (χ3n) is 2.60. The van der Waals surface area contributed by atoms with E-state index >= 15 is 0 Å². The monoisotopic (exact) mass is 152 g/mol. The number of piperidine rings is 1. The number of nitriles is 1. The second-order valence-electron chi connectivity index (χ2n) is 3.43. The normalized spacial score (nSPS) is 22.5. The molecule has 0 radical (unpaired) electrons. The second-order valence-corrected chi connectivity index (χ2v) is 3.43. The number of nitrogens with zero attached hydrogens (tertiary/aromatic N) is 1. The lowest BCUT2D eigenvalue weighted by Gasteiger charge is -2.26. The molecule has 0 aromatic carbocycles. The van der Waals surface area contributed by atoms with Crippen LogP contribution in [0.4, 0.5) is 0 Å². The van der Waals surface area contributed by atoms with Crippen LogP contribution in [0.25, 0.3) is 0 Å². The minimum absolute atomic E-state index is 0.599. The zero-order chi connectivity index (χ0) is 8.10. The van der Waals surface area contributed by atoms with Crippen LogP contribution in [0.15, 0.2) is 0 Å². The molecule has 0 aromatic rings. The molecule has 62 valence electrons. The Bertz CT molecular complexity index is 142. The van der Waals surface area contributed by atoms with Gasteiger partial charge in [0.05, 0.1) is 6.07 Å². The Morgan fingerprint density at radius 1 is 1.55 bits per heavy atom. The van der Waals surface area contributed by atoms with Crippen LogP contribution in [0.3, 0.4) is 0 Å². The van der Waals surface area contributed by atoms with Crippen LogP contribution >= 0.6 is 0 Å². The highest BCUT2D eigenvalue weighted by molar-refractivity contribution is 4.80. The third-order valence-corrected chi connectivity index (χ3v) is 2.60. The molecule has 1 aliphatic rings. The van der Waals surface area contributed by atoms with Gasteiger partial charge in [-0.05, 0) is 37.8 Å². The molecule has 1 N–H and O–H groups in total. The summed E-state index contributed by atoms with van der Waals surface area (Å²) in [6, 6.07) is 2.24. The number of rotatable bonds is 2. The second kappa shape index (κ2) is 4.35. The lowest BCUT2D eigenvalue weighted by atomic mass is 9.84. The highest BCUT2D eigenvalue weighted by Gasteiger charge is 2.18. The van der Waals surface area contributed by atoms with E-state index in [9.17, 15) is 0 Å². The molecule has 1 fully saturated rings. The molecule has 0 bridgehead atoms. The zero-order valence-electron chi connectivity index (χ0n) is 7.14. The first-order chi connectivity index (χ1) is 5.34. The van der Waals surface area contributed by atoms with E-state index < -0.39 is 0 Å². The Morgan fingerprint density at radius 3 is 2.73 bits per heavy atom. The summed E-state index contributed by atoms with van der Waals surface area (Å²) in [4.78, 5) is 0. The summed E-state index contributed by atoms with van der Waals surface area (Å²) in [5.41, 5.74) is 0. The molecular formula is C9H16N2. The van der Waals surface area contributed by atoms with E-state index in [0.29, 0.717) is 5.92 Å². The van der Waals surface area contributed by atoms with Gasteiger partial charge in [-0.15, -0.1) is 0 Å². The van der Waals surface area contributed by atoms with Gasteiger partial charge in [0.2, 0.25) is 0 Å². The minimum Gasteiger partial charge on any atom is -0.317 e. The average Bonchev–Trinajstić information content (AvgIpc) is 2.07. The number of hydrogen-bond acceptors (Lipinski definition) is 2. The lowest BCUT2D eigenvalue weighted by Crippen LogP contribution is -2.30. The van der Waals surface area contributed by atoms with E-state index in [1.54, 1.807) is 0 Å². The Morgan fingerprint density at radius 2 is 2.18 bits per heavy atom. The maximum absolute atomic E-state index is 8.50. The smallest absolute Gasteiger partial charge is 0.0624 e. The van der Waals surface area contributed by atoms with Gasteiger partial charge in [-0.2, -0.15) is 5.26 Å². The van der Waals surface area contributed by atoms with E-state index in [1.807, 2.05) is 0 Å². The minimum atomic E-state index is 0.599. The number of hydrogen-bond donors (Lipinski definition) is 1. The largest absolute Gasteiger partial charge is 0.317 e. The van der Waals surface area contributed by atoms with Crippen LogP contribution < -0.4 is 5.32 Å². The predicted molar refractivity (Wildman–Crippen MR) is 45.0 cm³/mol. The molecular weight excluding hydrogens is 136 g/mol. The first-order valence-corrected chi connectivity index (χ1v) is 4.42. The highest BCUT2D eigenvalue weighted by atomic mass is 14.9. The molecule has 0 spiro atoms. The predicted octanol–water partition coefficient (Wildman–Crippen LogP) is 1.54. The van der Waals surface area contributed by atoms with Crippen molar-refractivity contribution in [2.24, 2.45) is 11.8 Å². The third kappa shape index (κ3) is 2.51. The Hall–Kier alpha value is -0.550. The molecule has 11 heavy (non-hydrogen) atoms. The molecule has 0 aliphatic carbocycles. The van der Waals surface area contributed by atoms with E-state index in [4.69, 9.17) is 5.26 Å². The molecule has 1 saturated heterocycles. The van der Waals surface area contributed by atoms with Crippen LogP contribution in [-0.2, 0) is 0 Å². The summed E-state index contributed by atoms with van der Waals surface area (Å²) in [6.07, 6.45) is 3.23. The highest BCUT2D eigenvalue weighted by Crippen LogP contribution is 2.23. The molecule has 1 rings (SSSR count). The fourth-order valence-corrected chi connectivity index (χ4v) is 1.72. The molecule has 1 atom stereocenters. The summed E-state index contributed by atoms with van der Waals surface area (Å²) >= 11 is 0. The Kier molecular flexibility index (Phi) is 3.38. The zero-order valence-corrected chi connectivity index (χ0v) is 7.14.